The zero-order valence-corrected chi connectivity index (χ0v) is 20.7. The summed E-state index contributed by atoms with van der Waals surface area (Å²) in [6, 6.07) is 17.3. The summed E-state index contributed by atoms with van der Waals surface area (Å²) < 4.78 is 18.0. The van der Waals surface area contributed by atoms with E-state index in [1.807, 2.05) is 72.6 Å². The number of para-hydroxylation sites is 1. The summed E-state index contributed by atoms with van der Waals surface area (Å²) in [7, 11) is 3.19. The van der Waals surface area contributed by atoms with Gasteiger partial charge in [-0.3, -0.25) is 9.69 Å². The van der Waals surface area contributed by atoms with Gasteiger partial charge >= 0.3 is 0 Å². The number of nitrogens with zero attached hydrogens (tertiary/aromatic N) is 5. The fourth-order valence-corrected chi connectivity index (χ4v) is 4.43. The van der Waals surface area contributed by atoms with Crippen LogP contribution in [0.25, 0.3) is 16.9 Å². The van der Waals surface area contributed by atoms with Crippen molar-refractivity contribution in [2.45, 2.75) is 13.5 Å². The zero-order chi connectivity index (χ0) is 25.1. The minimum absolute atomic E-state index is 0.0443. The molecule has 2 aromatic heterocycles. The number of aryl methyl sites for hydroxylation is 1. The Kier molecular flexibility index (Phi) is 6.73. The molecule has 1 aliphatic heterocycles. The number of amides is 1. The fraction of sp³-hybridized carbons (Fsp3) is 0.296. The third-order valence-corrected chi connectivity index (χ3v) is 6.34. The first-order valence-corrected chi connectivity index (χ1v) is 11.9. The standard InChI is InChI=1S/C27H29N5O4/c1-19-15-22(36-29-19)17-30-11-13-31(14-12-30)27(33)23-18-32(21-7-5-4-6-8-21)28-26(23)20-9-10-24(34-2)25(16-20)35-3/h4-10,15-16,18H,11-14,17H2,1-3H3. The minimum atomic E-state index is -0.0443. The maximum absolute atomic E-state index is 13.8. The van der Waals surface area contributed by atoms with Gasteiger partial charge in [-0.15, -0.1) is 0 Å². The van der Waals surface area contributed by atoms with Crippen molar-refractivity contribution in [3.63, 3.8) is 0 Å². The van der Waals surface area contributed by atoms with E-state index in [-0.39, 0.29) is 5.91 Å². The van der Waals surface area contributed by atoms with Crippen LogP contribution in [0.2, 0.25) is 0 Å². The van der Waals surface area contributed by atoms with Crippen LogP contribution in [0.4, 0.5) is 0 Å². The lowest BCUT2D eigenvalue weighted by Crippen LogP contribution is -2.48. The van der Waals surface area contributed by atoms with Gasteiger partial charge < -0.3 is 18.9 Å². The molecule has 1 aliphatic rings. The first-order chi connectivity index (χ1) is 17.6. The number of ether oxygens (including phenoxy) is 2. The Morgan fingerprint density at radius 2 is 1.72 bits per heavy atom. The molecule has 4 aromatic rings. The molecular formula is C27H29N5O4. The van der Waals surface area contributed by atoms with E-state index in [0.29, 0.717) is 42.4 Å². The van der Waals surface area contributed by atoms with Crippen LogP contribution in [0.5, 0.6) is 11.5 Å². The third kappa shape index (κ3) is 4.83. The van der Waals surface area contributed by atoms with E-state index in [0.717, 1.165) is 35.8 Å². The molecule has 0 radical (unpaired) electrons. The van der Waals surface area contributed by atoms with Gasteiger partial charge in [0.25, 0.3) is 5.91 Å². The lowest BCUT2D eigenvalue weighted by atomic mass is 10.1. The molecule has 1 fully saturated rings. The van der Waals surface area contributed by atoms with Crippen molar-refractivity contribution >= 4 is 5.91 Å². The summed E-state index contributed by atoms with van der Waals surface area (Å²) >= 11 is 0. The third-order valence-electron chi connectivity index (χ3n) is 6.34. The van der Waals surface area contributed by atoms with Gasteiger partial charge in [0.2, 0.25) is 0 Å². The predicted molar refractivity (Wildman–Crippen MR) is 135 cm³/mol. The molecule has 0 bridgehead atoms. The van der Waals surface area contributed by atoms with Crippen LogP contribution in [-0.2, 0) is 6.54 Å². The SMILES string of the molecule is COc1ccc(-c2nn(-c3ccccc3)cc2C(=O)N2CCN(Cc3cc(C)no3)CC2)cc1OC. The first-order valence-electron chi connectivity index (χ1n) is 11.9. The number of carbonyl (C=O) groups is 1. The van der Waals surface area contributed by atoms with Gasteiger partial charge in [-0.2, -0.15) is 5.10 Å². The van der Waals surface area contributed by atoms with Crippen molar-refractivity contribution in [1.82, 2.24) is 24.7 Å². The van der Waals surface area contributed by atoms with Crippen molar-refractivity contribution in [1.29, 1.82) is 0 Å². The number of aromatic nitrogens is 3. The topological polar surface area (TPSA) is 85.9 Å². The fourth-order valence-electron chi connectivity index (χ4n) is 4.43. The van der Waals surface area contributed by atoms with Gasteiger partial charge in [0.05, 0.1) is 37.7 Å². The molecule has 0 aliphatic carbocycles. The first kappa shape index (κ1) is 23.6. The van der Waals surface area contributed by atoms with Crippen molar-refractivity contribution < 1.29 is 18.8 Å². The number of benzene rings is 2. The van der Waals surface area contributed by atoms with E-state index < -0.39 is 0 Å². The molecule has 9 heteroatoms. The van der Waals surface area contributed by atoms with Gasteiger partial charge in [-0.05, 0) is 37.3 Å². The van der Waals surface area contributed by atoms with Crippen LogP contribution in [0.15, 0.2) is 65.3 Å². The van der Waals surface area contributed by atoms with Crippen LogP contribution in [0.3, 0.4) is 0 Å². The van der Waals surface area contributed by atoms with E-state index in [1.54, 1.807) is 18.9 Å². The quantitative estimate of drug-likeness (QED) is 0.392. The Balaban J connectivity index is 1.42. The monoisotopic (exact) mass is 487 g/mol. The summed E-state index contributed by atoms with van der Waals surface area (Å²) in [6.45, 7) is 5.34. The van der Waals surface area contributed by atoms with Crippen molar-refractivity contribution in [2.75, 3.05) is 40.4 Å². The van der Waals surface area contributed by atoms with Crippen molar-refractivity contribution in [3.05, 3.63) is 77.8 Å². The highest BCUT2D eigenvalue weighted by atomic mass is 16.5. The molecule has 3 heterocycles. The van der Waals surface area contributed by atoms with Gasteiger partial charge in [0.1, 0.15) is 5.69 Å². The summed E-state index contributed by atoms with van der Waals surface area (Å²) in [5.74, 6) is 2.00. The second kappa shape index (κ2) is 10.2. The molecule has 5 rings (SSSR count). The summed E-state index contributed by atoms with van der Waals surface area (Å²) in [6.07, 6.45) is 1.81. The van der Waals surface area contributed by atoms with Crippen LogP contribution in [0, 0.1) is 6.92 Å². The lowest BCUT2D eigenvalue weighted by molar-refractivity contribution is 0.0618. The van der Waals surface area contributed by atoms with Crippen LogP contribution in [-0.4, -0.2) is 71.0 Å². The average molecular weight is 488 g/mol. The molecule has 9 nitrogen and oxygen atoms in total. The second-order valence-electron chi connectivity index (χ2n) is 8.74. The van der Waals surface area contributed by atoms with E-state index >= 15 is 0 Å². The number of methoxy groups -OCH3 is 2. The van der Waals surface area contributed by atoms with Crippen molar-refractivity contribution in [2.24, 2.45) is 0 Å². The van der Waals surface area contributed by atoms with Gasteiger partial charge in [-0.25, -0.2) is 4.68 Å². The Morgan fingerprint density at radius 3 is 2.39 bits per heavy atom. The maximum Gasteiger partial charge on any atom is 0.257 e. The zero-order valence-electron chi connectivity index (χ0n) is 20.7. The van der Waals surface area contributed by atoms with E-state index in [9.17, 15) is 4.79 Å². The molecule has 186 valence electrons. The van der Waals surface area contributed by atoms with Crippen LogP contribution in [0.1, 0.15) is 21.8 Å². The summed E-state index contributed by atoms with van der Waals surface area (Å²) in [5.41, 5.74) is 3.68. The molecule has 0 saturated carbocycles. The molecule has 0 atom stereocenters. The summed E-state index contributed by atoms with van der Waals surface area (Å²) in [5, 5.41) is 8.78. The Morgan fingerprint density at radius 1 is 0.972 bits per heavy atom. The van der Waals surface area contributed by atoms with Gasteiger partial charge in [0.15, 0.2) is 17.3 Å². The molecule has 2 aromatic carbocycles. The average Bonchev–Trinajstić information content (AvgIpc) is 3.55. The molecule has 0 unspecified atom stereocenters. The number of rotatable bonds is 7. The minimum Gasteiger partial charge on any atom is -0.493 e. The van der Waals surface area contributed by atoms with Crippen molar-refractivity contribution in [3.8, 4) is 28.4 Å². The predicted octanol–water partition coefficient (Wildman–Crippen LogP) is 3.81. The van der Waals surface area contributed by atoms with Gasteiger partial charge in [0, 0.05) is 44.0 Å². The Hall–Kier alpha value is -4.11. The smallest absolute Gasteiger partial charge is 0.257 e. The number of carbonyl (C=O) groups excluding carboxylic acids is 1. The number of hydrogen-bond acceptors (Lipinski definition) is 7. The van der Waals surface area contributed by atoms with E-state index in [1.165, 1.54) is 0 Å². The normalized spacial score (nSPS) is 14.1. The molecule has 36 heavy (non-hydrogen) atoms. The van der Waals surface area contributed by atoms with Crippen LogP contribution >= 0.6 is 0 Å². The highest BCUT2D eigenvalue weighted by Gasteiger charge is 2.27. The molecule has 0 N–H and O–H groups in total. The number of piperazine rings is 1. The van der Waals surface area contributed by atoms with E-state index in [4.69, 9.17) is 19.1 Å². The molecule has 1 amide bonds. The lowest BCUT2D eigenvalue weighted by Gasteiger charge is -2.34. The van der Waals surface area contributed by atoms with E-state index in [2.05, 4.69) is 10.1 Å². The van der Waals surface area contributed by atoms with Crippen LogP contribution < -0.4 is 9.47 Å². The maximum atomic E-state index is 13.8. The highest BCUT2D eigenvalue weighted by Crippen LogP contribution is 2.34. The Bertz CT molecular complexity index is 1340. The van der Waals surface area contributed by atoms with Gasteiger partial charge in [-0.1, -0.05) is 23.4 Å². The second-order valence-corrected chi connectivity index (χ2v) is 8.74. The highest BCUT2D eigenvalue weighted by molar-refractivity contribution is 6.00. The molecule has 1 saturated heterocycles. The summed E-state index contributed by atoms with van der Waals surface area (Å²) in [4.78, 5) is 17.9. The Labute approximate surface area is 209 Å². The largest absolute Gasteiger partial charge is 0.493 e. The number of hydrogen-bond donors (Lipinski definition) is 0. The molecule has 0 spiro atoms. The molecular weight excluding hydrogens is 458 g/mol.